The van der Waals surface area contributed by atoms with Gasteiger partial charge in [-0.05, 0) is 51.8 Å². The smallest absolute Gasteiger partial charge is 0.407 e. The molecule has 1 N–H and O–H groups in total. The summed E-state index contributed by atoms with van der Waals surface area (Å²) in [6.45, 7) is 7.87. The highest BCUT2D eigenvalue weighted by Gasteiger charge is 2.30. The zero-order valence-electron chi connectivity index (χ0n) is 12.3. The summed E-state index contributed by atoms with van der Waals surface area (Å²) in [5, 5.41) is 9.39. The summed E-state index contributed by atoms with van der Waals surface area (Å²) in [5.74, 6) is 1.47. The van der Waals surface area contributed by atoms with Crippen LogP contribution in [0.25, 0.3) is 0 Å². The minimum absolute atomic E-state index is 0.118. The van der Waals surface area contributed by atoms with Gasteiger partial charge in [0, 0.05) is 11.6 Å². The fraction of sp³-hybridized carbons (Fsp3) is 0.533. The molecule has 1 aromatic rings. The molecule has 1 atom stereocenters. The van der Waals surface area contributed by atoms with Crippen LogP contribution in [0.2, 0.25) is 0 Å². The van der Waals surface area contributed by atoms with E-state index in [2.05, 4.69) is 0 Å². The van der Waals surface area contributed by atoms with E-state index in [0.717, 1.165) is 17.1 Å². The largest absolute Gasteiger partial charge is 0.465 e. The zero-order valence-corrected chi connectivity index (χ0v) is 12.3. The number of carboxylic acid groups (broad SMARTS) is 1. The molecule has 5 heteroatoms. The Balaban J connectivity index is 2.14. The molecule has 1 amide bonds. The molecule has 110 valence electrons. The summed E-state index contributed by atoms with van der Waals surface area (Å²) in [4.78, 5) is 12.9. The van der Waals surface area contributed by atoms with Gasteiger partial charge in [-0.15, -0.1) is 0 Å². The predicted octanol–water partition coefficient (Wildman–Crippen LogP) is 3.12. The summed E-state index contributed by atoms with van der Waals surface area (Å²) >= 11 is 0. The summed E-state index contributed by atoms with van der Waals surface area (Å²) in [7, 11) is 0. The lowest BCUT2D eigenvalue weighted by Gasteiger charge is -2.38. The summed E-state index contributed by atoms with van der Waals surface area (Å²) < 4.78 is 10.6. The van der Waals surface area contributed by atoms with Crippen LogP contribution in [0.4, 0.5) is 4.79 Å². The molecule has 1 aliphatic heterocycles. The maximum atomic E-state index is 11.4. The first-order valence-corrected chi connectivity index (χ1v) is 6.70. The van der Waals surface area contributed by atoms with E-state index in [1.807, 2.05) is 45.9 Å². The van der Waals surface area contributed by atoms with Gasteiger partial charge in [0.25, 0.3) is 0 Å². The second-order valence-corrected chi connectivity index (χ2v) is 6.06. The molecule has 0 saturated heterocycles. The molecule has 1 heterocycles. The number of hydrogen-bond donors (Lipinski definition) is 1. The Bertz CT molecular complexity index is 507. The van der Waals surface area contributed by atoms with E-state index in [1.54, 1.807) is 0 Å². The average molecular weight is 279 g/mol. The zero-order chi connectivity index (χ0) is 14.9. The van der Waals surface area contributed by atoms with Gasteiger partial charge in [-0.3, -0.25) is 0 Å². The summed E-state index contributed by atoms with van der Waals surface area (Å²) in [6, 6.07) is 5.62. The Morgan fingerprint density at radius 3 is 2.60 bits per heavy atom. The van der Waals surface area contributed by atoms with Gasteiger partial charge >= 0.3 is 6.09 Å². The summed E-state index contributed by atoms with van der Waals surface area (Å²) in [6.07, 6.45) is -0.258. The molecule has 5 nitrogen and oxygen atoms in total. The predicted molar refractivity (Wildman–Crippen MR) is 75.3 cm³/mol. The molecule has 1 aliphatic rings. The van der Waals surface area contributed by atoms with Crippen LogP contribution in [-0.2, 0) is 6.42 Å². The van der Waals surface area contributed by atoms with Crippen molar-refractivity contribution in [2.75, 3.05) is 6.79 Å². The van der Waals surface area contributed by atoms with Gasteiger partial charge in [-0.1, -0.05) is 6.07 Å². The lowest BCUT2D eigenvalue weighted by Crippen LogP contribution is -2.50. The monoisotopic (exact) mass is 279 g/mol. The van der Waals surface area contributed by atoms with Crippen LogP contribution >= 0.6 is 0 Å². The topological polar surface area (TPSA) is 59.0 Å². The van der Waals surface area contributed by atoms with Gasteiger partial charge in [0.05, 0.1) is 0 Å². The quantitative estimate of drug-likeness (QED) is 0.923. The van der Waals surface area contributed by atoms with Crippen molar-refractivity contribution in [1.29, 1.82) is 0 Å². The first-order valence-electron chi connectivity index (χ1n) is 6.70. The molecule has 1 unspecified atom stereocenters. The number of nitrogens with zero attached hydrogens (tertiary/aromatic N) is 1. The van der Waals surface area contributed by atoms with Crippen molar-refractivity contribution in [3.05, 3.63) is 23.8 Å². The van der Waals surface area contributed by atoms with Crippen molar-refractivity contribution >= 4 is 6.09 Å². The highest BCUT2D eigenvalue weighted by atomic mass is 16.7. The van der Waals surface area contributed by atoms with E-state index >= 15 is 0 Å². The van der Waals surface area contributed by atoms with Crippen molar-refractivity contribution in [2.24, 2.45) is 0 Å². The van der Waals surface area contributed by atoms with Gasteiger partial charge in [-0.25, -0.2) is 4.79 Å². The fourth-order valence-electron chi connectivity index (χ4n) is 2.64. The van der Waals surface area contributed by atoms with Crippen LogP contribution in [0.1, 0.15) is 33.3 Å². The Kier molecular flexibility index (Phi) is 3.79. The Morgan fingerprint density at radius 2 is 2.00 bits per heavy atom. The number of fused-ring (bicyclic) bond motifs is 1. The van der Waals surface area contributed by atoms with Gasteiger partial charge in [0.1, 0.15) is 0 Å². The molecular formula is C15H21NO4. The van der Waals surface area contributed by atoms with Crippen LogP contribution < -0.4 is 9.47 Å². The Hall–Kier alpha value is -1.91. The average Bonchev–Trinajstić information content (AvgIpc) is 2.73. The fourth-order valence-corrected chi connectivity index (χ4v) is 2.64. The van der Waals surface area contributed by atoms with E-state index in [0.29, 0.717) is 6.42 Å². The minimum atomic E-state index is -0.897. The Morgan fingerprint density at radius 1 is 1.35 bits per heavy atom. The molecule has 2 rings (SSSR count). The Labute approximate surface area is 119 Å². The number of carbonyl (C=O) groups is 1. The number of hydrogen-bond acceptors (Lipinski definition) is 3. The van der Waals surface area contributed by atoms with Crippen LogP contribution in [0.3, 0.4) is 0 Å². The van der Waals surface area contributed by atoms with E-state index < -0.39 is 11.6 Å². The van der Waals surface area contributed by atoms with E-state index in [4.69, 9.17) is 9.47 Å². The third kappa shape index (κ3) is 2.98. The lowest BCUT2D eigenvalue weighted by molar-refractivity contribution is 0.0756. The molecule has 0 bridgehead atoms. The first-order chi connectivity index (χ1) is 9.29. The van der Waals surface area contributed by atoms with Crippen LogP contribution in [0, 0.1) is 0 Å². The van der Waals surface area contributed by atoms with Crippen molar-refractivity contribution < 1.29 is 19.4 Å². The van der Waals surface area contributed by atoms with E-state index in [9.17, 15) is 9.90 Å². The number of amides is 1. The lowest BCUT2D eigenvalue weighted by atomic mass is 9.99. The molecule has 20 heavy (non-hydrogen) atoms. The molecule has 0 fully saturated rings. The van der Waals surface area contributed by atoms with Gasteiger partial charge in [0.15, 0.2) is 11.5 Å². The highest BCUT2D eigenvalue weighted by molar-refractivity contribution is 5.66. The van der Waals surface area contributed by atoms with Gasteiger partial charge in [-0.2, -0.15) is 0 Å². The van der Waals surface area contributed by atoms with Crippen molar-refractivity contribution in [1.82, 2.24) is 4.90 Å². The molecule has 0 spiro atoms. The van der Waals surface area contributed by atoms with Crippen molar-refractivity contribution in [3.63, 3.8) is 0 Å². The summed E-state index contributed by atoms with van der Waals surface area (Å²) in [5.41, 5.74) is 0.610. The maximum absolute atomic E-state index is 11.4. The number of rotatable bonds is 3. The molecule has 0 aliphatic carbocycles. The first kappa shape index (κ1) is 14.5. The molecule has 0 radical (unpaired) electrons. The van der Waals surface area contributed by atoms with Crippen molar-refractivity contribution in [3.8, 4) is 11.5 Å². The number of benzene rings is 1. The maximum Gasteiger partial charge on any atom is 0.407 e. The van der Waals surface area contributed by atoms with Crippen LogP contribution in [-0.4, -0.2) is 34.5 Å². The second-order valence-electron chi connectivity index (χ2n) is 6.06. The van der Waals surface area contributed by atoms with E-state index in [-0.39, 0.29) is 12.8 Å². The third-order valence-electron chi connectivity index (χ3n) is 3.34. The SMILES string of the molecule is CC(Cc1ccc2c(c1)OCO2)N(C(=O)O)C(C)(C)C. The van der Waals surface area contributed by atoms with Crippen molar-refractivity contribution in [2.45, 2.75) is 45.7 Å². The minimum Gasteiger partial charge on any atom is -0.465 e. The van der Waals surface area contributed by atoms with E-state index in [1.165, 1.54) is 4.90 Å². The van der Waals surface area contributed by atoms with Crippen LogP contribution in [0.5, 0.6) is 11.5 Å². The molecule has 0 saturated carbocycles. The van der Waals surface area contributed by atoms with Gasteiger partial charge < -0.3 is 19.5 Å². The third-order valence-corrected chi connectivity index (χ3v) is 3.34. The van der Waals surface area contributed by atoms with Gasteiger partial charge in [0.2, 0.25) is 6.79 Å². The standard InChI is InChI=1S/C15H21NO4/c1-10(16(14(17)18)15(2,3)4)7-11-5-6-12-13(8-11)20-9-19-12/h5-6,8,10H,7,9H2,1-4H3,(H,17,18). The number of ether oxygens (including phenoxy) is 2. The van der Waals surface area contributed by atoms with Crippen LogP contribution in [0.15, 0.2) is 18.2 Å². The normalized spacial score (nSPS) is 15.0. The molecule has 1 aromatic carbocycles. The highest BCUT2D eigenvalue weighted by Crippen LogP contribution is 2.33. The second kappa shape index (κ2) is 5.23. The molecular weight excluding hydrogens is 258 g/mol. The molecule has 0 aromatic heterocycles.